The van der Waals surface area contributed by atoms with Crippen molar-refractivity contribution in [1.29, 1.82) is 0 Å². The maximum absolute atomic E-state index is 13.9. The molecule has 1 aliphatic carbocycles. The summed E-state index contributed by atoms with van der Waals surface area (Å²) in [7, 11) is 3.22. The largest absolute Gasteiger partial charge is 0.493 e. The fourth-order valence-electron chi connectivity index (χ4n) is 5.72. The van der Waals surface area contributed by atoms with Gasteiger partial charge in [-0.2, -0.15) is 0 Å². The lowest BCUT2D eigenvalue weighted by atomic mass is 9.91. The van der Waals surface area contributed by atoms with Crippen molar-refractivity contribution < 1.29 is 19.1 Å². The predicted octanol–water partition coefficient (Wildman–Crippen LogP) is 4.56. The van der Waals surface area contributed by atoms with Crippen molar-refractivity contribution in [1.82, 2.24) is 14.8 Å². The van der Waals surface area contributed by atoms with Gasteiger partial charge in [0.1, 0.15) is 11.2 Å². The molecule has 5 rings (SSSR count). The number of fused-ring (bicyclic) bond motifs is 3. The van der Waals surface area contributed by atoms with Crippen LogP contribution in [0.5, 0.6) is 11.5 Å². The Morgan fingerprint density at radius 3 is 2.53 bits per heavy atom. The van der Waals surface area contributed by atoms with Gasteiger partial charge < -0.3 is 24.3 Å². The minimum absolute atomic E-state index is 0.0708. The molecule has 1 saturated carbocycles. The van der Waals surface area contributed by atoms with E-state index in [0.717, 1.165) is 42.1 Å². The first-order valence-electron chi connectivity index (χ1n) is 12.9. The maximum Gasteiger partial charge on any atom is 0.271 e. The minimum atomic E-state index is -1.00. The van der Waals surface area contributed by atoms with Gasteiger partial charge in [-0.3, -0.25) is 9.59 Å². The molecule has 0 unspecified atom stereocenters. The first-order valence-corrected chi connectivity index (χ1v) is 12.9. The van der Waals surface area contributed by atoms with Gasteiger partial charge in [-0.05, 0) is 56.0 Å². The maximum atomic E-state index is 13.9. The SMILES string of the molecule is COc1ccc(CCN2C(=O)c3cc4ccccc4n3C[C@]2(C)C(=O)NC2CCCCC2)cc1OC. The van der Waals surface area contributed by atoms with Crippen molar-refractivity contribution >= 4 is 22.7 Å². The van der Waals surface area contributed by atoms with Gasteiger partial charge in [0.05, 0.1) is 20.8 Å². The zero-order valence-electron chi connectivity index (χ0n) is 21.4. The molecule has 1 N–H and O–H groups in total. The summed E-state index contributed by atoms with van der Waals surface area (Å²) in [6, 6.07) is 15.9. The molecule has 2 amide bonds. The molecule has 7 heteroatoms. The van der Waals surface area contributed by atoms with Gasteiger partial charge in [0, 0.05) is 23.5 Å². The van der Waals surface area contributed by atoms with Crippen LogP contribution in [0, 0.1) is 0 Å². The van der Waals surface area contributed by atoms with E-state index in [2.05, 4.69) is 5.32 Å². The summed E-state index contributed by atoms with van der Waals surface area (Å²) in [5.41, 5.74) is 1.63. The molecule has 0 bridgehead atoms. The first kappa shape index (κ1) is 24.2. The Morgan fingerprint density at radius 1 is 1.03 bits per heavy atom. The second-order valence-corrected chi connectivity index (χ2v) is 10.2. The van der Waals surface area contributed by atoms with Gasteiger partial charge in [-0.1, -0.05) is 43.5 Å². The average molecular weight is 490 g/mol. The molecule has 0 radical (unpaired) electrons. The van der Waals surface area contributed by atoms with Crippen LogP contribution in [0.2, 0.25) is 0 Å². The molecule has 36 heavy (non-hydrogen) atoms. The molecule has 0 saturated heterocycles. The van der Waals surface area contributed by atoms with Crippen molar-refractivity contribution in [2.45, 2.75) is 63.6 Å². The highest BCUT2D eigenvalue weighted by Crippen LogP contribution is 2.34. The van der Waals surface area contributed by atoms with E-state index in [4.69, 9.17) is 9.47 Å². The number of nitrogens with zero attached hydrogens (tertiary/aromatic N) is 2. The summed E-state index contributed by atoms with van der Waals surface area (Å²) in [6.45, 7) is 2.76. The number of carbonyl (C=O) groups is 2. The minimum Gasteiger partial charge on any atom is -0.493 e. The zero-order chi connectivity index (χ0) is 25.3. The highest BCUT2D eigenvalue weighted by molar-refractivity contribution is 6.03. The summed E-state index contributed by atoms with van der Waals surface area (Å²) in [5.74, 6) is 1.13. The number of para-hydroxylation sites is 1. The summed E-state index contributed by atoms with van der Waals surface area (Å²) in [5, 5.41) is 4.31. The van der Waals surface area contributed by atoms with E-state index in [1.807, 2.05) is 60.0 Å². The van der Waals surface area contributed by atoms with Crippen LogP contribution in [0.25, 0.3) is 10.9 Å². The summed E-state index contributed by atoms with van der Waals surface area (Å²) in [4.78, 5) is 29.5. The number of methoxy groups -OCH3 is 2. The second kappa shape index (κ2) is 9.88. The standard InChI is InChI=1S/C29H35N3O4/c1-29(28(34)30-22-10-5-4-6-11-22)19-31-23-12-8-7-9-21(23)18-24(31)27(33)32(29)16-15-20-13-14-25(35-2)26(17-20)36-3/h7-9,12-14,17-18,22H,4-6,10-11,15-16,19H2,1-3H3,(H,30,34)/t29-/m1/s1. The highest BCUT2D eigenvalue weighted by atomic mass is 16.5. The van der Waals surface area contributed by atoms with E-state index in [1.165, 1.54) is 6.42 Å². The molecular weight excluding hydrogens is 454 g/mol. The van der Waals surface area contributed by atoms with Crippen molar-refractivity contribution in [2.75, 3.05) is 20.8 Å². The van der Waals surface area contributed by atoms with Gasteiger partial charge in [0.15, 0.2) is 11.5 Å². The van der Waals surface area contributed by atoms with E-state index in [9.17, 15) is 9.59 Å². The van der Waals surface area contributed by atoms with Gasteiger partial charge >= 0.3 is 0 Å². The van der Waals surface area contributed by atoms with Crippen LogP contribution in [0.1, 0.15) is 55.1 Å². The average Bonchev–Trinajstić information content (AvgIpc) is 3.27. The van der Waals surface area contributed by atoms with E-state index in [-0.39, 0.29) is 17.9 Å². The summed E-state index contributed by atoms with van der Waals surface area (Å²) < 4.78 is 12.8. The Hall–Kier alpha value is -3.48. The van der Waals surface area contributed by atoms with E-state index in [1.54, 1.807) is 19.1 Å². The fourth-order valence-corrected chi connectivity index (χ4v) is 5.72. The Balaban J connectivity index is 1.47. The monoisotopic (exact) mass is 489 g/mol. The third-order valence-corrected chi connectivity index (χ3v) is 7.84. The van der Waals surface area contributed by atoms with E-state index in [0.29, 0.717) is 36.7 Å². The number of hydrogen-bond donors (Lipinski definition) is 1. The molecule has 1 aromatic heterocycles. The van der Waals surface area contributed by atoms with Crippen LogP contribution in [0.3, 0.4) is 0 Å². The topological polar surface area (TPSA) is 72.8 Å². The summed E-state index contributed by atoms with van der Waals surface area (Å²) in [6.07, 6.45) is 6.08. The van der Waals surface area contributed by atoms with Crippen molar-refractivity contribution in [3.8, 4) is 11.5 Å². The zero-order valence-corrected chi connectivity index (χ0v) is 21.4. The molecule has 2 aromatic carbocycles. The Kier molecular flexibility index (Phi) is 6.65. The molecule has 3 aromatic rings. The number of carbonyl (C=O) groups excluding carboxylic acids is 2. The van der Waals surface area contributed by atoms with Crippen molar-refractivity contribution in [3.63, 3.8) is 0 Å². The van der Waals surface area contributed by atoms with Gasteiger partial charge in [0.25, 0.3) is 5.91 Å². The third kappa shape index (κ3) is 4.31. The molecule has 1 aliphatic heterocycles. The molecule has 1 fully saturated rings. The van der Waals surface area contributed by atoms with Gasteiger partial charge in [-0.15, -0.1) is 0 Å². The smallest absolute Gasteiger partial charge is 0.271 e. The van der Waals surface area contributed by atoms with Crippen LogP contribution in [0.4, 0.5) is 0 Å². The fraction of sp³-hybridized carbons (Fsp3) is 0.448. The number of rotatable bonds is 7. The van der Waals surface area contributed by atoms with Crippen LogP contribution in [-0.2, 0) is 17.8 Å². The predicted molar refractivity (Wildman–Crippen MR) is 140 cm³/mol. The highest BCUT2D eigenvalue weighted by Gasteiger charge is 2.47. The second-order valence-electron chi connectivity index (χ2n) is 10.2. The lowest BCUT2D eigenvalue weighted by molar-refractivity contribution is -0.133. The van der Waals surface area contributed by atoms with Crippen LogP contribution in [0.15, 0.2) is 48.5 Å². The van der Waals surface area contributed by atoms with Gasteiger partial charge in [-0.25, -0.2) is 0 Å². The van der Waals surface area contributed by atoms with Crippen molar-refractivity contribution in [2.24, 2.45) is 0 Å². The van der Waals surface area contributed by atoms with E-state index < -0.39 is 5.54 Å². The first-order chi connectivity index (χ1) is 17.4. The molecule has 0 spiro atoms. The van der Waals surface area contributed by atoms with Gasteiger partial charge in [0.2, 0.25) is 5.91 Å². The number of amides is 2. The number of benzene rings is 2. The molecule has 7 nitrogen and oxygen atoms in total. The quantitative estimate of drug-likeness (QED) is 0.528. The van der Waals surface area contributed by atoms with Crippen LogP contribution in [-0.4, -0.2) is 53.6 Å². The molecular formula is C29H35N3O4. The number of aromatic nitrogens is 1. The lowest BCUT2D eigenvalue weighted by Crippen LogP contribution is -2.65. The molecule has 2 heterocycles. The number of nitrogens with one attached hydrogen (secondary N) is 1. The Bertz CT molecular complexity index is 1280. The third-order valence-electron chi connectivity index (χ3n) is 7.84. The Morgan fingerprint density at radius 2 is 1.78 bits per heavy atom. The van der Waals surface area contributed by atoms with Crippen molar-refractivity contribution in [3.05, 3.63) is 59.8 Å². The number of ether oxygens (including phenoxy) is 2. The Labute approximate surface area is 212 Å². The molecule has 190 valence electrons. The molecule has 1 atom stereocenters. The van der Waals surface area contributed by atoms with Crippen LogP contribution < -0.4 is 14.8 Å². The van der Waals surface area contributed by atoms with Crippen LogP contribution >= 0.6 is 0 Å². The number of hydrogen-bond acceptors (Lipinski definition) is 4. The lowest BCUT2D eigenvalue weighted by Gasteiger charge is -2.45. The normalized spacial score (nSPS) is 20.3. The summed E-state index contributed by atoms with van der Waals surface area (Å²) >= 11 is 0. The van der Waals surface area contributed by atoms with E-state index >= 15 is 0 Å². The molecule has 2 aliphatic rings.